The maximum absolute atomic E-state index is 12.6. The second-order valence-corrected chi connectivity index (χ2v) is 5.27. The van der Waals surface area contributed by atoms with Crippen LogP contribution in [0.5, 0.6) is 0 Å². The van der Waals surface area contributed by atoms with Gasteiger partial charge >= 0.3 is 0 Å². The van der Waals surface area contributed by atoms with Crippen molar-refractivity contribution >= 4 is 17.5 Å². The standard InChI is InChI=1S/C12H15FOS/c1-9(2)15-8-12(14)7-10-3-5-11(13)6-4-10/h3-6,9H,7-8H2,1-2H3. The van der Waals surface area contributed by atoms with Crippen molar-refractivity contribution in [3.63, 3.8) is 0 Å². The average Bonchev–Trinajstić information content (AvgIpc) is 2.19. The van der Waals surface area contributed by atoms with Crippen LogP contribution in [0.25, 0.3) is 0 Å². The summed E-state index contributed by atoms with van der Waals surface area (Å²) in [6, 6.07) is 6.09. The second-order valence-electron chi connectivity index (χ2n) is 3.70. The Morgan fingerprint density at radius 2 is 1.93 bits per heavy atom. The molecule has 1 aromatic carbocycles. The average molecular weight is 226 g/mol. The van der Waals surface area contributed by atoms with Crippen molar-refractivity contribution in [1.29, 1.82) is 0 Å². The molecule has 0 fully saturated rings. The fraction of sp³-hybridized carbons (Fsp3) is 0.417. The molecule has 0 radical (unpaired) electrons. The van der Waals surface area contributed by atoms with Crippen molar-refractivity contribution in [2.24, 2.45) is 0 Å². The van der Waals surface area contributed by atoms with Crippen molar-refractivity contribution in [3.8, 4) is 0 Å². The van der Waals surface area contributed by atoms with E-state index in [0.717, 1.165) is 5.56 Å². The van der Waals surface area contributed by atoms with Crippen molar-refractivity contribution in [3.05, 3.63) is 35.6 Å². The Morgan fingerprint density at radius 1 is 1.33 bits per heavy atom. The van der Waals surface area contributed by atoms with Gasteiger partial charge in [-0.1, -0.05) is 26.0 Å². The maximum atomic E-state index is 12.6. The lowest BCUT2D eigenvalue weighted by Gasteiger charge is -2.04. The van der Waals surface area contributed by atoms with Gasteiger partial charge in [0, 0.05) is 6.42 Å². The van der Waals surface area contributed by atoms with E-state index < -0.39 is 0 Å². The van der Waals surface area contributed by atoms with Gasteiger partial charge in [0.1, 0.15) is 11.6 Å². The smallest absolute Gasteiger partial charge is 0.147 e. The highest BCUT2D eigenvalue weighted by molar-refractivity contribution is 8.00. The van der Waals surface area contributed by atoms with Crippen LogP contribution in [-0.2, 0) is 11.2 Å². The predicted molar refractivity (Wildman–Crippen MR) is 62.7 cm³/mol. The molecule has 0 aliphatic heterocycles. The lowest BCUT2D eigenvalue weighted by molar-refractivity contribution is -0.116. The molecule has 82 valence electrons. The molecule has 0 aromatic heterocycles. The van der Waals surface area contributed by atoms with E-state index in [1.807, 2.05) is 0 Å². The number of hydrogen-bond acceptors (Lipinski definition) is 2. The Hall–Kier alpha value is -0.830. The van der Waals surface area contributed by atoms with Gasteiger partial charge in [0.15, 0.2) is 0 Å². The third kappa shape index (κ3) is 4.98. The van der Waals surface area contributed by atoms with Crippen molar-refractivity contribution < 1.29 is 9.18 Å². The van der Waals surface area contributed by atoms with Crippen LogP contribution in [0.2, 0.25) is 0 Å². The van der Waals surface area contributed by atoms with Crippen LogP contribution >= 0.6 is 11.8 Å². The number of benzene rings is 1. The third-order valence-electron chi connectivity index (χ3n) is 1.89. The summed E-state index contributed by atoms with van der Waals surface area (Å²) >= 11 is 1.64. The van der Waals surface area contributed by atoms with Crippen LogP contribution in [-0.4, -0.2) is 16.8 Å². The number of thioether (sulfide) groups is 1. The van der Waals surface area contributed by atoms with Gasteiger partial charge in [-0.2, -0.15) is 11.8 Å². The monoisotopic (exact) mass is 226 g/mol. The Kier molecular flexibility index (Phi) is 4.82. The van der Waals surface area contributed by atoms with E-state index in [1.54, 1.807) is 23.9 Å². The normalized spacial score (nSPS) is 10.7. The van der Waals surface area contributed by atoms with E-state index in [9.17, 15) is 9.18 Å². The minimum atomic E-state index is -0.261. The molecule has 0 heterocycles. The molecule has 0 spiro atoms. The summed E-state index contributed by atoms with van der Waals surface area (Å²) in [6.45, 7) is 4.13. The predicted octanol–water partition coefficient (Wildman–Crippen LogP) is 3.08. The van der Waals surface area contributed by atoms with Gasteiger partial charge in [-0.05, 0) is 22.9 Å². The maximum Gasteiger partial charge on any atom is 0.147 e. The molecule has 1 rings (SSSR count). The van der Waals surface area contributed by atoms with Crippen LogP contribution in [0.1, 0.15) is 19.4 Å². The molecule has 3 heteroatoms. The quantitative estimate of drug-likeness (QED) is 0.767. The highest BCUT2D eigenvalue weighted by Gasteiger charge is 2.05. The molecule has 0 saturated carbocycles. The van der Waals surface area contributed by atoms with E-state index in [-0.39, 0.29) is 11.6 Å². The highest BCUT2D eigenvalue weighted by atomic mass is 32.2. The summed E-state index contributed by atoms with van der Waals surface area (Å²) in [5, 5.41) is 0.474. The second kappa shape index (κ2) is 5.91. The number of carbonyl (C=O) groups is 1. The summed E-state index contributed by atoms with van der Waals surface area (Å²) < 4.78 is 12.6. The minimum absolute atomic E-state index is 0.195. The first-order valence-electron chi connectivity index (χ1n) is 4.95. The first-order chi connectivity index (χ1) is 7.08. The molecular formula is C12H15FOS. The van der Waals surface area contributed by atoms with Gasteiger partial charge < -0.3 is 0 Å². The Labute approximate surface area is 94.1 Å². The van der Waals surface area contributed by atoms with Crippen molar-refractivity contribution in [2.75, 3.05) is 5.75 Å². The van der Waals surface area contributed by atoms with Gasteiger partial charge in [-0.15, -0.1) is 0 Å². The van der Waals surface area contributed by atoms with E-state index in [4.69, 9.17) is 0 Å². The molecule has 0 unspecified atom stereocenters. The van der Waals surface area contributed by atoms with Gasteiger partial charge in [-0.3, -0.25) is 4.79 Å². The lowest BCUT2D eigenvalue weighted by atomic mass is 10.1. The molecule has 1 nitrogen and oxygen atoms in total. The molecule has 15 heavy (non-hydrogen) atoms. The van der Waals surface area contributed by atoms with Crippen LogP contribution in [0.3, 0.4) is 0 Å². The Bertz CT molecular complexity index is 319. The zero-order valence-corrected chi connectivity index (χ0v) is 9.81. The molecule has 0 amide bonds. The fourth-order valence-electron chi connectivity index (χ4n) is 1.14. The van der Waals surface area contributed by atoms with Crippen LogP contribution in [0.4, 0.5) is 4.39 Å². The van der Waals surface area contributed by atoms with Crippen molar-refractivity contribution in [1.82, 2.24) is 0 Å². The molecule has 1 aromatic rings. The number of ketones is 1. The molecule has 0 saturated heterocycles. The fourth-order valence-corrected chi connectivity index (χ4v) is 1.76. The summed E-state index contributed by atoms with van der Waals surface area (Å²) in [6.07, 6.45) is 0.403. The summed E-state index contributed by atoms with van der Waals surface area (Å²) in [4.78, 5) is 11.5. The molecule has 0 aliphatic carbocycles. The SMILES string of the molecule is CC(C)SCC(=O)Cc1ccc(F)cc1. The van der Waals surface area contributed by atoms with E-state index >= 15 is 0 Å². The molecule has 0 aliphatic rings. The first-order valence-corrected chi connectivity index (χ1v) is 6.00. The number of Topliss-reactive ketones (excluding diaryl/α,β-unsaturated/α-hetero) is 1. The zero-order valence-electron chi connectivity index (χ0n) is 9.00. The Balaban J connectivity index is 2.41. The highest BCUT2D eigenvalue weighted by Crippen LogP contribution is 2.11. The number of rotatable bonds is 5. The number of halogens is 1. The number of hydrogen-bond donors (Lipinski definition) is 0. The summed E-state index contributed by atoms with van der Waals surface area (Å²) in [7, 11) is 0. The van der Waals surface area contributed by atoms with Crippen LogP contribution in [0.15, 0.2) is 24.3 Å². The molecule has 0 N–H and O–H groups in total. The van der Waals surface area contributed by atoms with Gasteiger partial charge in [0.25, 0.3) is 0 Å². The van der Waals surface area contributed by atoms with E-state index in [2.05, 4.69) is 13.8 Å². The third-order valence-corrected chi connectivity index (χ3v) is 3.05. The summed E-state index contributed by atoms with van der Waals surface area (Å²) in [5.41, 5.74) is 0.880. The zero-order chi connectivity index (χ0) is 11.3. The molecular weight excluding hydrogens is 211 g/mol. The van der Waals surface area contributed by atoms with Crippen LogP contribution < -0.4 is 0 Å². The number of carbonyl (C=O) groups excluding carboxylic acids is 1. The largest absolute Gasteiger partial charge is 0.298 e. The molecule has 0 bridgehead atoms. The van der Waals surface area contributed by atoms with E-state index in [0.29, 0.717) is 17.4 Å². The van der Waals surface area contributed by atoms with E-state index in [1.165, 1.54) is 12.1 Å². The molecule has 0 atom stereocenters. The topological polar surface area (TPSA) is 17.1 Å². The summed E-state index contributed by atoms with van der Waals surface area (Å²) in [5.74, 6) is 0.470. The Morgan fingerprint density at radius 3 is 2.47 bits per heavy atom. The van der Waals surface area contributed by atoms with Gasteiger partial charge in [-0.25, -0.2) is 4.39 Å². The first kappa shape index (κ1) is 12.2. The van der Waals surface area contributed by atoms with Gasteiger partial charge in [0.05, 0.1) is 5.75 Å². The minimum Gasteiger partial charge on any atom is -0.298 e. The van der Waals surface area contributed by atoms with Crippen LogP contribution in [0, 0.1) is 5.82 Å². The van der Waals surface area contributed by atoms with Gasteiger partial charge in [0.2, 0.25) is 0 Å². The van der Waals surface area contributed by atoms with Crippen molar-refractivity contribution in [2.45, 2.75) is 25.5 Å². The lowest BCUT2D eigenvalue weighted by Crippen LogP contribution is -2.07.